The van der Waals surface area contributed by atoms with Crippen LogP contribution in [0.3, 0.4) is 0 Å². The monoisotopic (exact) mass is 289 g/mol. The number of thiazole rings is 1. The van der Waals surface area contributed by atoms with Crippen molar-refractivity contribution in [2.75, 3.05) is 13.1 Å². The van der Waals surface area contributed by atoms with Crippen molar-refractivity contribution in [1.29, 1.82) is 0 Å². The fourth-order valence-corrected chi connectivity index (χ4v) is 1.74. The average molecular weight is 290 g/mol. The molecule has 0 bridgehead atoms. The Hall–Kier alpha value is -0.860. The Labute approximate surface area is 106 Å². The maximum atomic E-state index is 12.2. The quantitative estimate of drug-likeness (QED) is 0.875. The number of carbonyl (C=O) groups excluding carboxylic acids is 1. The predicted molar refractivity (Wildman–Crippen MR) is 60.1 cm³/mol. The third kappa shape index (κ3) is 5.33. The first kappa shape index (κ1) is 16.1. The van der Waals surface area contributed by atoms with Gasteiger partial charge in [-0.25, -0.2) is 4.98 Å². The summed E-state index contributed by atoms with van der Waals surface area (Å²) in [5.74, 6) is -0.340. The molecular formula is C8H11ClF3N3OS. The van der Waals surface area contributed by atoms with Crippen LogP contribution < -0.4 is 11.1 Å². The number of carbonyl (C=O) groups is 1. The first-order valence-corrected chi connectivity index (χ1v) is 5.30. The summed E-state index contributed by atoms with van der Waals surface area (Å²) >= 11 is 0.922. The largest absolute Gasteiger partial charge is 0.434 e. The molecule has 0 atom stereocenters. The van der Waals surface area contributed by atoms with E-state index in [0.717, 1.165) is 16.7 Å². The molecule has 0 aliphatic carbocycles. The van der Waals surface area contributed by atoms with Gasteiger partial charge in [0.2, 0.25) is 5.91 Å². The Morgan fingerprint density at radius 2 is 2.18 bits per heavy atom. The Morgan fingerprint density at radius 1 is 1.53 bits per heavy atom. The molecule has 0 aromatic carbocycles. The molecule has 0 saturated heterocycles. The Kier molecular flexibility index (Phi) is 6.43. The number of nitrogens with two attached hydrogens (primary N) is 1. The fraction of sp³-hybridized carbons (Fsp3) is 0.500. The average Bonchev–Trinajstić information content (AvgIpc) is 2.65. The van der Waals surface area contributed by atoms with E-state index in [4.69, 9.17) is 5.73 Å². The summed E-state index contributed by atoms with van der Waals surface area (Å²) in [6, 6.07) is 0. The van der Waals surface area contributed by atoms with E-state index in [2.05, 4.69) is 10.3 Å². The fourth-order valence-electron chi connectivity index (χ4n) is 0.937. The molecule has 0 fully saturated rings. The molecule has 3 N–H and O–H groups in total. The van der Waals surface area contributed by atoms with E-state index in [1.807, 2.05) is 0 Å². The van der Waals surface area contributed by atoms with E-state index in [1.165, 1.54) is 0 Å². The molecule has 17 heavy (non-hydrogen) atoms. The Bertz CT molecular complexity index is 369. The van der Waals surface area contributed by atoms with Gasteiger partial charge in [-0.1, -0.05) is 0 Å². The van der Waals surface area contributed by atoms with Gasteiger partial charge in [0, 0.05) is 18.3 Å². The number of nitrogens with zero attached hydrogens (tertiary/aromatic N) is 1. The van der Waals surface area contributed by atoms with E-state index in [1.54, 1.807) is 0 Å². The van der Waals surface area contributed by atoms with E-state index in [-0.39, 0.29) is 37.8 Å². The van der Waals surface area contributed by atoms with Crippen LogP contribution in [0.15, 0.2) is 5.38 Å². The van der Waals surface area contributed by atoms with Gasteiger partial charge < -0.3 is 11.1 Å². The molecule has 0 unspecified atom stereocenters. The third-order valence-corrected chi connectivity index (χ3v) is 2.60. The van der Waals surface area contributed by atoms with Gasteiger partial charge in [-0.3, -0.25) is 4.79 Å². The summed E-state index contributed by atoms with van der Waals surface area (Å²) in [6.07, 6.45) is -4.14. The van der Waals surface area contributed by atoms with Gasteiger partial charge in [0.1, 0.15) is 0 Å². The molecule has 4 nitrogen and oxygen atoms in total. The summed E-state index contributed by atoms with van der Waals surface area (Å²) in [5, 5.41) is 3.75. The van der Waals surface area contributed by atoms with Crippen LogP contribution >= 0.6 is 23.7 Å². The van der Waals surface area contributed by atoms with Crippen molar-refractivity contribution in [3.8, 4) is 0 Å². The van der Waals surface area contributed by atoms with Crippen molar-refractivity contribution < 1.29 is 18.0 Å². The highest BCUT2D eigenvalue weighted by atomic mass is 35.5. The van der Waals surface area contributed by atoms with Crippen LogP contribution in [-0.4, -0.2) is 24.0 Å². The van der Waals surface area contributed by atoms with Crippen molar-refractivity contribution in [2.24, 2.45) is 5.73 Å². The number of amides is 1. The van der Waals surface area contributed by atoms with E-state index >= 15 is 0 Å². The highest BCUT2D eigenvalue weighted by Gasteiger charge is 2.33. The molecule has 98 valence electrons. The van der Waals surface area contributed by atoms with Crippen molar-refractivity contribution in [3.63, 3.8) is 0 Å². The lowest BCUT2D eigenvalue weighted by atomic mass is 10.4. The van der Waals surface area contributed by atoms with Gasteiger partial charge in [0.15, 0.2) is 5.69 Å². The second-order valence-electron chi connectivity index (χ2n) is 2.93. The van der Waals surface area contributed by atoms with E-state index in [0.29, 0.717) is 5.01 Å². The lowest BCUT2D eigenvalue weighted by Crippen LogP contribution is -2.31. The van der Waals surface area contributed by atoms with Crippen LogP contribution in [0.1, 0.15) is 10.7 Å². The van der Waals surface area contributed by atoms with Crippen LogP contribution in [-0.2, 0) is 17.4 Å². The van der Waals surface area contributed by atoms with Gasteiger partial charge in [0.05, 0.1) is 11.6 Å². The molecule has 1 heterocycles. The van der Waals surface area contributed by atoms with Gasteiger partial charge in [-0.2, -0.15) is 13.2 Å². The summed E-state index contributed by atoms with van der Waals surface area (Å²) in [4.78, 5) is 14.1. The van der Waals surface area contributed by atoms with Crippen molar-refractivity contribution >= 4 is 29.7 Å². The van der Waals surface area contributed by atoms with Crippen LogP contribution in [0.4, 0.5) is 13.2 Å². The molecule has 1 aromatic heterocycles. The second-order valence-corrected chi connectivity index (χ2v) is 3.87. The normalized spacial score (nSPS) is 10.8. The molecule has 0 aliphatic heterocycles. The standard InChI is InChI=1S/C8H10F3N3OS.ClH/c9-8(10,11)5-4-16-7(14-5)1-2-13-6(15)3-12;/h4H,1-3,12H2,(H,13,15);1H. The lowest BCUT2D eigenvalue weighted by molar-refractivity contribution is -0.140. The third-order valence-electron chi connectivity index (χ3n) is 1.69. The summed E-state index contributed by atoms with van der Waals surface area (Å²) < 4.78 is 36.5. The number of rotatable bonds is 4. The minimum absolute atomic E-state index is 0. The number of hydrogen-bond acceptors (Lipinski definition) is 4. The van der Waals surface area contributed by atoms with Crippen LogP contribution in [0.5, 0.6) is 0 Å². The number of hydrogen-bond donors (Lipinski definition) is 2. The van der Waals surface area contributed by atoms with E-state index < -0.39 is 11.9 Å². The smallest absolute Gasteiger partial charge is 0.355 e. The number of alkyl halides is 3. The molecule has 0 spiro atoms. The molecular weight excluding hydrogens is 279 g/mol. The maximum absolute atomic E-state index is 12.2. The van der Waals surface area contributed by atoms with Crippen molar-refractivity contribution in [3.05, 3.63) is 16.1 Å². The zero-order chi connectivity index (χ0) is 12.2. The maximum Gasteiger partial charge on any atom is 0.434 e. The zero-order valence-electron chi connectivity index (χ0n) is 8.58. The Morgan fingerprint density at radius 3 is 2.65 bits per heavy atom. The number of aromatic nitrogens is 1. The SMILES string of the molecule is Cl.NCC(=O)NCCc1nc(C(F)(F)F)cs1. The van der Waals surface area contributed by atoms with Crippen molar-refractivity contribution in [1.82, 2.24) is 10.3 Å². The van der Waals surface area contributed by atoms with Crippen LogP contribution in [0.25, 0.3) is 0 Å². The molecule has 1 amide bonds. The highest BCUT2D eigenvalue weighted by molar-refractivity contribution is 7.09. The minimum Gasteiger partial charge on any atom is -0.355 e. The summed E-state index contributed by atoms with van der Waals surface area (Å²) in [7, 11) is 0. The molecule has 1 rings (SSSR count). The number of halogens is 4. The van der Waals surface area contributed by atoms with Gasteiger partial charge >= 0.3 is 6.18 Å². The number of nitrogens with one attached hydrogen (secondary N) is 1. The molecule has 1 aromatic rings. The van der Waals surface area contributed by atoms with Crippen LogP contribution in [0.2, 0.25) is 0 Å². The summed E-state index contributed by atoms with van der Waals surface area (Å²) in [5.41, 5.74) is 4.15. The van der Waals surface area contributed by atoms with Crippen LogP contribution in [0, 0.1) is 0 Å². The first-order chi connectivity index (χ1) is 7.43. The summed E-state index contributed by atoms with van der Waals surface area (Å²) in [6.45, 7) is 0.104. The van der Waals surface area contributed by atoms with Gasteiger partial charge in [-0.15, -0.1) is 23.7 Å². The van der Waals surface area contributed by atoms with Gasteiger partial charge in [0.25, 0.3) is 0 Å². The predicted octanol–water partition coefficient (Wildman–Crippen LogP) is 1.20. The topological polar surface area (TPSA) is 68.0 Å². The minimum atomic E-state index is -4.41. The molecule has 0 radical (unpaired) electrons. The highest BCUT2D eigenvalue weighted by Crippen LogP contribution is 2.29. The molecule has 0 aliphatic rings. The molecule has 0 saturated carbocycles. The second kappa shape index (κ2) is 6.77. The Balaban J connectivity index is 0.00000256. The molecule has 9 heteroatoms. The van der Waals surface area contributed by atoms with Crippen molar-refractivity contribution in [2.45, 2.75) is 12.6 Å². The van der Waals surface area contributed by atoms with Gasteiger partial charge in [-0.05, 0) is 0 Å². The lowest BCUT2D eigenvalue weighted by Gasteiger charge is -2.01. The zero-order valence-corrected chi connectivity index (χ0v) is 10.2. The first-order valence-electron chi connectivity index (χ1n) is 4.42. The van der Waals surface area contributed by atoms with E-state index in [9.17, 15) is 18.0 Å².